The number of aryl methyl sites for hydroxylation is 1. The number of rotatable bonds is 2. The summed E-state index contributed by atoms with van der Waals surface area (Å²) in [5.41, 5.74) is 0.379. The molecule has 1 N–H and O–H groups in total. The van der Waals surface area contributed by atoms with Crippen LogP contribution in [0.15, 0.2) is 29.2 Å². The van der Waals surface area contributed by atoms with E-state index in [1.807, 2.05) is 6.92 Å². The highest BCUT2D eigenvalue weighted by atomic mass is 32.2. The smallest absolute Gasteiger partial charge is 0.243 e. The summed E-state index contributed by atoms with van der Waals surface area (Å²) in [5, 5.41) is 9.56. The number of nitrogens with zero attached hydrogens (tertiary/aromatic N) is 1. The lowest BCUT2D eigenvalue weighted by Gasteiger charge is -2.56. The van der Waals surface area contributed by atoms with Crippen LogP contribution in [-0.4, -0.2) is 49.2 Å². The summed E-state index contributed by atoms with van der Waals surface area (Å²) in [7, 11) is -3.45. The Kier molecular flexibility index (Phi) is 2.54. The lowest BCUT2D eigenvalue weighted by Crippen LogP contribution is -2.76. The highest BCUT2D eigenvalue weighted by molar-refractivity contribution is 7.89. The van der Waals surface area contributed by atoms with Gasteiger partial charge >= 0.3 is 0 Å². The van der Waals surface area contributed by atoms with Crippen molar-refractivity contribution in [2.45, 2.75) is 23.5 Å². The van der Waals surface area contributed by atoms with Crippen LogP contribution in [-0.2, 0) is 14.8 Å². The third-order valence-electron chi connectivity index (χ3n) is 3.68. The molecule has 98 valence electrons. The molecule has 6 heteroatoms. The predicted molar refractivity (Wildman–Crippen MR) is 64.6 cm³/mol. The van der Waals surface area contributed by atoms with Gasteiger partial charge < -0.3 is 9.84 Å². The Morgan fingerprint density at radius 1 is 1.33 bits per heavy atom. The van der Waals surface area contributed by atoms with E-state index in [4.69, 9.17) is 4.74 Å². The maximum Gasteiger partial charge on any atom is 0.243 e. The van der Waals surface area contributed by atoms with E-state index in [9.17, 15) is 13.5 Å². The maximum absolute atomic E-state index is 12.2. The average molecular weight is 269 g/mol. The van der Waals surface area contributed by atoms with Gasteiger partial charge in [-0.3, -0.25) is 0 Å². The number of aliphatic hydroxyl groups is 1. The Labute approximate surface area is 106 Å². The molecule has 0 radical (unpaired) electrons. The first-order chi connectivity index (χ1) is 8.44. The molecule has 0 amide bonds. The van der Waals surface area contributed by atoms with Crippen molar-refractivity contribution in [3.05, 3.63) is 29.8 Å². The first kappa shape index (κ1) is 12.1. The molecule has 3 rings (SSSR count). The fourth-order valence-corrected chi connectivity index (χ4v) is 3.83. The maximum atomic E-state index is 12.2. The summed E-state index contributed by atoms with van der Waals surface area (Å²) in [6, 6.07) is 6.76. The summed E-state index contributed by atoms with van der Waals surface area (Å²) >= 11 is 0. The minimum atomic E-state index is -3.45. The lowest BCUT2D eigenvalue weighted by molar-refractivity contribution is -0.277. The lowest BCUT2D eigenvalue weighted by atomic mass is 9.86. The Balaban J connectivity index is 1.79. The Morgan fingerprint density at radius 3 is 2.39 bits per heavy atom. The van der Waals surface area contributed by atoms with Crippen molar-refractivity contribution in [1.29, 1.82) is 0 Å². The molecule has 1 atom stereocenters. The standard InChI is InChI=1S/C12H15NO4S/c1-9-2-4-10(5-3-9)18(15,16)13-7-12(8-13)11(14)6-17-12/h2-5,11,14H,6-8H2,1H3/t11-/m0/s1. The van der Waals surface area contributed by atoms with Gasteiger partial charge in [-0.25, -0.2) is 8.42 Å². The number of sulfonamides is 1. The summed E-state index contributed by atoms with van der Waals surface area (Å²) in [6.07, 6.45) is -0.540. The summed E-state index contributed by atoms with van der Waals surface area (Å²) in [4.78, 5) is 0.289. The van der Waals surface area contributed by atoms with Gasteiger partial charge in [0.05, 0.1) is 11.5 Å². The molecule has 0 bridgehead atoms. The van der Waals surface area contributed by atoms with E-state index in [2.05, 4.69) is 0 Å². The van der Waals surface area contributed by atoms with Crippen molar-refractivity contribution in [3.8, 4) is 0 Å². The van der Waals surface area contributed by atoms with Gasteiger partial charge in [-0.2, -0.15) is 4.31 Å². The fraction of sp³-hybridized carbons (Fsp3) is 0.500. The Bertz CT molecular complexity index is 560. The normalized spacial score (nSPS) is 26.7. The van der Waals surface area contributed by atoms with Crippen LogP contribution in [0, 0.1) is 6.92 Å². The van der Waals surface area contributed by atoms with Gasteiger partial charge in [-0.1, -0.05) is 17.7 Å². The zero-order chi connectivity index (χ0) is 13.0. The number of hydrogen-bond donors (Lipinski definition) is 1. The second-order valence-corrected chi connectivity index (χ2v) is 6.92. The van der Waals surface area contributed by atoms with Crippen molar-refractivity contribution < 1.29 is 18.3 Å². The molecule has 0 aliphatic carbocycles. The molecular formula is C12H15NO4S. The van der Waals surface area contributed by atoms with Crippen molar-refractivity contribution in [2.75, 3.05) is 19.7 Å². The minimum absolute atomic E-state index is 0.240. The topological polar surface area (TPSA) is 66.8 Å². The number of benzene rings is 1. The van der Waals surface area contributed by atoms with E-state index in [1.54, 1.807) is 24.3 Å². The van der Waals surface area contributed by atoms with Crippen LogP contribution in [0.1, 0.15) is 5.56 Å². The molecule has 0 saturated carbocycles. The molecular weight excluding hydrogens is 254 g/mol. The molecule has 5 nitrogen and oxygen atoms in total. The van der Waals surface area contributed by atoms with Gasteiger partial charge in [0.25, 0.3) is 0 Å². The van der Waals surface area contributed by atoms with E-state index in [1.165, 1.54) is 4.31 Å². The number of aliphatic hydroxyl groups excluding tert-OH is 1. The van der Waals surface area contributed by atoms with Crippen LogP contribution in [0.3, 0.4) is 0 Å². The van der Waals surface area contributed by atoms with Gasteiger partial charge in [0.2, 0.25) is 10.0 Å². The predicted octanol–water partition coefficient (Wildman–Crippen LogP) is 0.129. The van der Waals surface area contributed by atoms with Gasteiger partial charge in [0.15, 0.2) is 0 Å². The molecule has 0 unspecified atom stereocenters. The Hall–Kier alpha value is -0.950. The molecule has 2 saturated heterocycles. The van der Waals surface area contributed by atoms with Crippen molar-refractivity contribution in [1.82, 2.24) is 4.31 Å². The molecule has 1 aromatic rings. The minimum Gasteiger partial charge on any atom is -0.388 e. The Morgan fingerprint density at radius 2 is 1.94 bits per heavy atom. The van der Waals surface area contributed by atoms with E-state index >= 15 is 0 Å². The van der Waals surface area contributed by atoms with Crippen LogP contribution in [0.25, 0.3) is 0 Å². The largest absolute Gasteiger partial charge is 0.388 e. The molecule has 0 aromatic heterocycles. The number of ether oxygens (including phenoxy) is 1. The third kappa shape index (κ3) is 1.60. The molecule has 2 aliphatic heterocycles. The van der Waals surface area contributed by atoms with Crippen LogP contribution < -0.4 is 0 Å². The third-order valence-corrected chi connectivity index (χ3v) is 5.49. The molecule has 2 fully saturated rings. The van der Waals surface area contributed by atoms with Gasteiger partial charge in [-0.05, 0) is 19.1 Å². The van der Waals surface area contributed by atoms with Crippen molar-refractivity contribution >= 4 is 10.0 Å². The zero-order valence-electron chi connectivity index (χ0n) is 10.0. The van der Waals surface area contributed by atoms with Gasteiger partial charge in [0.1, 0.15) is 11.7 Å². The van der Waals surface area contributed by atoms with Crippen LogP contribution in [0.2, 0.25) is 0 Å². The van der Waals surface area contributed by atoms with E-state index in [-0.39, 0.29) is 18.0 Å². The van der Waals surface area contributed by atoms with Gasteiger partial charge in [-0.15, -0.1) is 0 Å². The first-order valence-electron chi connectivity index (χ1n) is 5.83. The second-order valence-electron chi connectivity index (χ2n) is 4.98. The first-order valence-corrected chi connectivity index (χ1v) is 7.27. The quantitative estimate of drug-likeness (QED) is 0.828. The van der Waals surface area contributed by atoms with E-state index < -0.39 is 21.7 Å². The molecule has 1 aromatic carbocycles. The van der Waals surface area contributed by atoms with Crippen molar-refractivity contribution in [2.24, 2.45) is 0 Å². The monoisotopic (exact) mass is 269 g/mol. The van der Waals surface area contributed by atoms with Crippen LogP contribution in [0.5, 0.6) is 0 Å². The summed E-state index contributed by atoms with van der Waals surface area (Å²) in [6.45, 7) is 2.70. The molecule has 2 heterocycles. The second kappa shape index (κ2) is 3.77. The summed E-state index contributed by atoms with van der Waals surface area (Å²) < 4.78 is 31.1. The average Bonchev–Trinajstić information content (AvgIpc) is 2.25. The van der Waals surface area contributed by atoms with Gasteiger partial charge in [0, 0.05) is 13.1 Å². The molecule has 1 spiro atoms. The SMILES string of the molecule is Cc1ccc(S(=O)(=O)N2CC3(C2)OC[C@@H]3O)cc1. The molecule has 2 aliphatic rings. The van der Waals surface area contributed by atoms with Crippen LogP contribution >= 0.6 is 0 Å². The van der Waals surface area contributed by atoms with E-state index in [0.29, 0.717) is 6.61 Å². The van der Waals surface area contributed by atoms with Crippen molar-refractivity contribution in [3.63, 3.8) is 0 Å². The number of hydrogen-bond acceptors (Lipinski definition) is 4. The summed E-state index contributed by atoms with van der Waals surface area (Å²) in [5.74, 6) is 0. The van der Waals surface area contributed by atoms with Crippen LogP contribution in [0.4, 0.5) is 0 Å². The molecule has 18 heavy (non-hydrogen) atoms. The fourth-order valence-electron chi connectivity index (χ4n) is 2.28. The highest BCUT2D eigenvalue weighted by Crippen LogP contribution is 2.39. The highest BCUT2D eigenvalue weighted by Gasteiger charge is 2.59. The van der Waals surface area contributed by atoms with E-state index in [0.717, 1.165) is 5.56 Å². The zero-order valence-corrected chi connectivity index (χ0v) is 10.9.